The first kappa shape index (κ1) is 13.1. The van der Waals surface area contributed by atoms with E-state index in [0.29, 0.717) is 10.9 Å². The number of aromatic carboxylic acids is 1. The Labute approximate surface area is 119 Å². The molecular formula is C16H10FNO3. The first-order valence-corrected chi connectivity index (χ1v) is 6.20. The van der Waals surface area contributed by atoms with Crippen molar-refractivity contribution >= 4 is 16.9 Å². The number of carboxylic acids is 1. The van der Waals surface area contributed by atoms with Gasteiger partial charge in [-0.1, -0.05) is 30.3 Å². The highest BCUT2D eigenvalue weighted by atomic mass is 19.1. The van der Waals surface area contributed by atoms with Crippen molar-refractivity contribution in [2.45, 2.75) is 0 Å². The zero-order chi connectivity index (χ0) is 14.8. The van der Waals surface area contributed by atoms with E-state index in [1.807, 2.05) is 0 Å². The topological polar surface area (TPSA) is 59.4 Å². The van der Waals surface area contributed by atoms with Crippen LogP contribution in [0.25, 0.3) is 10.9 Å². The second-order valence-corrected chi connectivity index (χ2v) is 4.36. The number of nitrogens with zero attached hydrogens (tertiary/aromatic N) is 1. The summed E-state index contributed by atoms with van der Waals surface area (Å²) in [7, 11) is 0. The SMILES string of the molecule is O=C(O)c1cc(Oc2ccccc2F)nc2ccccc12. The van der Waals surface area contributed by atoms with Crippen LogP contribution >= 0.6 is 0 Å². The molecule has 0 unspecified atom stereocenters. The molecule has 2 aromatic carbocycles. The maximum absolute atomic E-state index is 13.6. The summed E-state index contributed by atoms with van der Waals surface area (Å²) in [5.41, 5.74) is 0.538. The molecule has 3 rings (SSSR count). The van der Waals surface area contributed by atoms with Crippen molar-refractivity contribution in [1.82, 2.24) is 4.98 Å². The Morgan fingerprint density at radius 2 is 1.81 bits per heavy atom. The minimum Gasteiger partial charge on any atom is -0.478 e. The number of carboxylic acid groups (broad SMARTS) is 1. The number of benzene rings is 2. The molecule has 1 aromatic heterocycles. The van der Waals surface area contributed by atoms with Crippen LogP contribution in [0.2, 0.25) is 0 Å². The van der Waals surface area contributed by atoms with Crippen molar-refractivity contribution < 1.29 is 19.0 Å². The Bertz CT molecular complexity index is 833. The van der Waals surface area contributed by atoms with Crippen LogP contribution in [0.5, 0.6) is 11.6 Å². The van der Waals surface area contributed by atoms with Gasteiger partial charge in [-0.25, -0.2) is 14.2 Å². The summed E-state index contributed by atoms with van der Waals surface area (Å²) in [6.07, 6.45) is 0. The first-order valence-electron chi connectivity index (χ1n) is 6.20. The Hall–Kier alpha value is -2.95. The van der Waals surface area contributed by atoms with Crippen molar-refractivity contribution in [2.75, 3.05) is 0 Å². The van der Waals surface area contributed by atoms with E-state index < -0.39 is 11.8 Å². The maximum Gasteiger partial charge on any atom is 0.336 e. The van der Waals surface area contributed by atoms with E-state index in [1.54, 1.807) is 36.4 Å². The lowest BCUT2D eigenvalue weighted by molar-refractivity contribution is 0.0698. The third kappa shape index (κ3) is 2.53. The molecule has 0 atom stereocenters. The Balaban J connectivity index is 2.11. The fraction of sp³-hybridized carbons (Fsp3) is 0. The molecule has 0 aliphatic heterocycles. The molecule has 3 aromatic rings. The predicted molar refractivity (Wildman–Crippen MR) is 75.2 cm³/mol. The van der Waals surface area contributed by atoms with Gasteiger partial charge in [0.05, 0.1) is 11.1 Å². The van der Waals surface area contributed by atoms with Gasteiger partial charge in [0.15, 0.2) is 11.6 Å². The molecule has 0 amide bonds. The van der Waals surface area contributed by atoms with Crippen LogP contribution in [0.4, 0.5) is 4.39 Å². The normalized spacial score (nSPS) is 10.5. The smallest absolute Gasteiger partial charge is 0.336 e. The van der Waals surface area contributed by atoms with Crippen LogP contribution in [-0.2, 0) is 0 Å². The molecule has 1 heterocycles. The van der Waals surface area contributed by atoms with Gasteiger partial charge in [0.1, 0.15) is 0 Å². The van der Waals surface area contributed by atoms with Crippen LogP contribution in [0, 0.1) is 5.82 Å². The van der Waals surface area contributed by atoms with Crippen molar-refractivity contribution in [3.63, 3.8) is 0 Å². The second kappa shape index (κ2) is 5.20. The molecule has 4 nitrogen and oxygen atoms in total. The van der Waals surface area contributed by atoms with Gasteiger partial charge in [-0.3, -0.25) is 0 Å². The molecule has 0 aliphatic rings. The van der Waals surface area contributed by atoms with Gasteiger partial charge < -0.3 is 9.84 Å². The zero-order valence-electron chi connectivity index (χ0n) is 10.8. The third-order valence-electron chi connectivity index (χ3n) is 2.97. The molecule has 1 N–H and O–H groups in total. The summed E-state index contributed by atoms with van der Waals surface area (Å²) in [5, 5.41) is 9.78. The summed E-state index contributed by atoms with van der Waals surface area (Å²) >= 11 is 0. The minimum atomic E-state index is -1.09. The van der Waals surface area contributed by atoms with Crippen molar-refractivity contribution in [2.24, 2.45) is 0 Å². The number of fused-ring (bicyclic) bond motifs is 1. The molecule has 0 spiro atoms. The number of carbonyl (C=O) groups is 1. The number of halogens is 1. The average molecular weight is 283 g/mol. The van der Waals surface area contributed by atoms with Crippen LogP contribution in [-0.4, -0.2) is 16.1 Å². The van der Waals surface area contributed by atoms with Gasteiger partial charge in [-0.2, -0.15) is 0 Å². The van der Waals surface area contributed by atoms with Gasteiger partial charge in [0.25, 0.3) is 0 Å². The Kier molecular flexibility index (Phi) is 3.23. The van der Waals surface area contributed by atoms with Crippen LogP contribution < -0.4 is 4.74 Å². The molecule has 0 fully saturated rings. The molecule has 0 radical (unpaired) electrons. The van der Waals surface area contributed by atoms with Gasteiger partial charge >= 0.3 is 5.97 Å². The lowest BCUT2D eigenvalue weighted by atomic mass is 10.1. The fourth-order valence-corrected chi connectivity index (χ4v) is 2.02. The second-order valence-electron chi connectivity index (χ2n) is 4.36. The third-order valence-corrected chi connectivity index (χ3v) is 2.97. The highest BCUT2D eigenvalue weighted by Gasteiger charge is 2.13. The number of aromatic nitrogens is 1. The summed E-state index contributed by atoms with van der Waals surface area (Å²) in [4.78, 5) is 15.5. The van der Waals surface area contributed by atoms with E-state index in [1.165, 1.54) is 18.2 Å². The van der Waals surface area contributed by atoms with E-state index in [4.69, 9.17) is 4.74 Å². The van der Waals surface area contributed by atoms with E-state index in [0.717, 1.165) is 0 Å². The Morgan fingerprint density at radius 3 is 2.57 bits per heavy atom. The van der Waals surface area contributed by atoms with Gasteiger partial charge in [0, 0.05) is 11.5 Å². The number of hydrogen-bond donors (Lipinski definition) is 1. The maximum atomic E-state index is 13.6. The summed E-state index contributed by atoms with van der Waals surface area (Å²) < 4.78 is 18.9. The van der Waals surface area contributed by atoms with E-state index >= 15 is 0 Å². The lowest BCUT2D eigenvalue weighted by Crippen LogP contribution is -2.00. The van der Waals surface area contributed by atoms with Crippen molar-refractivity contribution in [3.8, 4) is 11.6 Å². The molecule has 0 aliphatic carbocycles. The molecule has 0 saturated heterocycles. The number of hydrogen-bond acceptors (Lipinski definition) is 3. The standard InChI is InChI=1S/C16H10FNO3/c17-12-6-2-4-8-14(12)21-15-9-11(16(19)20)10-5-1-3-7-13(10)18-15/h1-9H,(H,19,20). The monoisotopic (exact) mass is 283 g/mol. The Morgan fingerprint density at radius 1 is 1.10 bits per heavy atom. The van der Waals surface area contributed by atoms with E-state index in [2.05, 4.69) is 4.98 Å². The quantitative estimate of drug-likeness (QED) is 0.792. The molecular weight excluding hydrogens is 273 g/mol. The zero-order valence-corrected chi connectivity index (χ0v) is 10.8. The van der Waals surface area contributed by atoms with Crippen LogP contribution in [0.3, 0.4) is 0 Å². The van der Waals surface area contributed by atoms with Crippen molar-refractivity contribution in [3.05, 3.63) is 66.0 Å². The molecule has 0 saturated carbocycles. The first-order chi connectivity index (χ1) is 10.1. The van der Waals surface area contributed by atoms with Crippen LogP contribution in [0.15, 0.2) is 54.6 Å². The van der Waals surface area contributed by atoms with Gasteiger partial charge in [-0.15, -0.1) is 0 Å². The molecule has 21 heavy (non-hydrogen) atoms. The minimum absolute atomic E-state index is 0.00313. The molecule has 0 bridgehead atoms. The average Bonchev–Trinajstić information content (AvgIpc) is 2.48. The number of pyridine rings is 1. The van der Waals surface area contributed by atoms with E-state index in [9.17, 15) is 14.3 Å². The van der Waals surface area contributed by atoms with E-state index in [-0.39, 0.29) is 17.2 Å². The molecule has 5 heteroatoms. The summed E-state index contributed by atoms with van der Waals surface area (Å²) in [6, 6.07) is 14.0. The van der Waals surface area contributed by atoms with Crippen LogP contribution in [0.1, 0.15) is 10.4 Å². The number of para-hydroxylation sites is 2. The summed E-state index contributed by atoms with van der Waals surface area (Å²) in [6.45, 7) is 0. The largest absolute Gasteiger partial charge is 0.478 e. The summed E-state index contributed by atoms with van der Waals surface area (Å²) in [5.74, 6) is -1.59. The highest BCUT2D eigenvalue weighted by molar-refractivity contribution is 6.02. The number of rotatable bonds is 3. The van der Waals surface area contributed by atoms with Gasteiger partial charge in [-0.05, 0) is 18.2 Å². The molecule has 104 valence electrons. The predicted octanol–water partition coefficient (Wildman–Crippen LogP) is 3.86. The lowest BCUT2D eigenvalue weighted by Gasteiger charge is -2.08. The fourth-order valence-electron chi connectivity index (χ4n) is 2.02. The van der Waals surface area contributed by atoms with Gasteiger partial charge in [0.2, 0.25) is 5.88 Å². The number of ether oxygens (including phenoxy) is 1. The highest BCUT2D eigenvalue weighted by Crippen LogP contribution is 2.27. The van der Waals surface area contributed by atoms with Crippen molar-refractivity contribution in [1.29, 1.82) is 0 Å².